The number of benzene rings is 2. The van der Waals surface area contributed by atoms with Gasteiger partial charge in [-0.2, -0.15) is 0 Å². The maximum atomic E-state index is 4.84. The smallest absolute Gasteiger partial charge is 0.187 e. The lowest BCUT2D eigenvalue weighted by Crippen LogP contribution is -1.86. The molecule has 0 fully saturated rings. The lowest BCUT2D eigenvalue weighted by atomic mass is 10.0. The van der Waals surface area contributed by atoms with E-state index >= 15 is 0 Å². The van der Waals surface area contributed by atoms with Crippen molar-refractivity contribution in [2.24, 2.45) is 10.2 Å². The van der Waals surface area contributed by atoms with Gasteiger partial charge in [0.25, 0.3) is 0 Å². The minimum atomic E-state index is 0.753. The summed E-state index contributed by atoms with van der Waals surface area (Å²) in [6, 6.07) is 20.5. The summed E-state index contributed by atoms with van der Waals surface area (Å²) in [6.07, 6.45) is 2.90. The van der Waals surface area contributed by atoms with Gasteiger partial charge in [0.05, 0.1) is 5.69 Å². The van der Waals surface area contributed by atoms with Crippen LogP contribution in [0.1, 0.15) is 23.6 Å². The van der Waals surface area contributed by atoms with Crippen molar-refractivity contribution in [2.45, 2.75) is 27.2 Å². The molecule has 0 unspecified atom stereocenters. The van der Waals surface area contributed by atoms with E-state index in [1.807, 2.05) is 47.0 Å². The summed E-state index contributed by atoms with van der Waals surface area (Å²) in [5, 5.41) is 9.21. The molecule has 2 heterocycles. The summed E-state index contributed by atoms with van der Waals surface area (Å²) >= 11 is 0. The highest BCUT2D eigenvalue weighted by Crippen LogP contribution is 2.34. The molecule has 4 rings (SSSR count). The van der Waals surface area contributed by atoms with Gasteiger partial charge >= 0.3 is 0 Å². The number of hydrogen-bond acceptors (Lipinski definition) is 3. The van der Waals surface area contributed by atoms with Crippen LogP contribution in [0.15, 0.2) is 77.1 Å². The van der Waals surface area contributed by atoms with E-state index < -0.39 is 0 Å². The first kappa shape index (κ1) is 17.2. The van der Waals surface area contributed by atoms with Crippen molar-refractivity contribution in [1.29, 1.82) is 0 Å². The van der Waals surface area contributed by atoms with E-state index in [4.69, 9.17) is 4.98 Å². The van der Waals surface area contributed by atoms with Crippen LogP contribution in [0.3, 0.4) is 0 Å². The minimum absolute atomic E-state index is 0.753. The molecular formula is C23H22N4. The van der Waals surface area contributed by atoms with Crippen LogP contribution in [0.25, 0.3) is 16.9 Å². The average molecular weight is 354 g/mol. The van der Waals surface area contributed by atoms with Crippen molar-refractivity contribution in [3.05, 3.63) is 83.6 Å². The molecule has 0 radical (unpaired) electrons. The van der Waals surface area contributed by atoms with Gasteiger partial charge in [-0.15, -0.1) is 10.2 Å². The van der Waals surface area contributed by atoms with E-state index in [1.165, 1.54) is 16.7 Å². The number of hydrogen-bond donors (Lipinski definition) is 0. The standard InChI is InChI=1S/C23H22N4/c1-4-18-9-5-6-10-20(18)25-26-23-22(19-13-12-16(2)15-17(19)3)24-21-11-7-8-14-27(21)23/h5-15H,4H2,1-3H3. The highest BCUT2D eigenvalue weighted by molar-refractivity contribution is 5.76. The third-order valence-electron chi connectivity index (χ3n) is 4.77. The lowest BCUT2D eigenvalue weighted by Gasteiger charge is -2.05. The van der Waals surface area contributed by atoms with Gasteiger partial charge in [0.2, 0.25) is 0 Å². The Morgan fingerprint density at radius 1 is 0.926 bits per heavy atom. The zero-order valence-corrected chi connectivity index (χ0v) is 15.8. The fourth-order valence-corrected chi connectivity index (χ4v) is 3.35. The van der Waals surface area contributed by atoms with Crippen molar-refractivity contribution < 1.29 is 0 Å². The highest BCUT2D eigenvalue weighted by atomic mass is 15.2. The maximum Gasteiger partial charge on any atom is 0.187 e. The molecular weight excluding hydrogens is 332 g/mol. The Morgan fingerprint density at radius 3 is 2.56 bits per heavy atom. The molecule has 0 N–H and O–H groups in total. The molecule has 27 heavy (non-hydrogen) atoms. The zero-order valence-electron chi connectivity index (χ0n) is 15.8. The number of azo groups is 1. The first-order valence-corrected chi connectivity index (χ1v) is 9.21. The van der Waals surface area contributed by atoms with Crippen LogP contribution in [0.2, 0.25) is 0 Å². The van der Waals surface area contributed by atoms with Crippen LogP contribution in [0.5, 0.6) is 0 Å². The quantitative estimate of drug-likeness (QED) is 0.381. The molecule has 0 aliphatic heterocycles. The monoisotopic (exact) mass is 354 g/mol. The predicted octanol–water partition coefficient (Wildman–Crippen LogP) is 6.60. The first-order chi connectivity index (χ1) is 13.2. The Bertz CT molecular complexity index is 1140. The summed E-state index contributed by atoms with van der Waals surface area (Å²) < 4.78 is 1.99. The molecule has 0 atom stereocenters. The van der Waals surface area contributed by atoms with E-state index in [0.717, 1.165) is 34.8 Å². The molecule has 0 aliphatic rings. The lowest BCUT2D eigenvalue weighted by molar-refractivity contribution is 1.07. The summed E-state index contributed by atoms with van der Waals surface area (Å²) in [6.45, 7) is 6.34. The third kappa shape index (κ3) is 3.26. The topological polar surface area (TPSA) is 42.0 Å². The number of aryl methyl sites for hydroxylation is 3. The van der Waals surface area contributed by atoms with Crippen molar-refractivity contribution in [1.82, 2.24) is 9.38 Å². The summed E-state index contributed by atoms with van der Waals surface area (Å²) in [5.74, 6) is 0.753. The Morgan fingerprint density at radius 2 is 1.74 bits per heavy atom. The molecule has 134 valence electrons. The van der Waals surface area contributed by atoms with Gasteiger partial charge < -0.3 is 0 Å². The van der Waals surface area contributed by atoms with Crippen LogP contribution in [-0.2, 0) is 6.42 Å². The summed E-state index contributed by atoms with van der Waals surface area (Å²) in [4.78, 5) is 4.84. The number of imidazole rings is 1. The van der Waals surface area contributed by atoms with Crippen LogP contribution >= 0.6 is 0 Å². The van der Waals surface area contributed by atoms with Gasteiger partial charge in [0, 0.05) is 11.8 Å². The van der Waals surface area contributed by atoms with E-state index in [9.17, 15) is 0 Å². The van der Waals surface area contributed by atoms with Gasteiger partial charge in [-0.05, 0) is 49.6 Å². The van der Waals surface area contributed by atoms with Crippen LogP contribution in [-0.4, -0.2) is 9.38 Å². The molecule has 4 heteroatoms. The second-order valence-electron chi connectivity index (χ2n) is 6.71. The summed E-state index contributed by atoms with van der Waals surface area (Å²) in [7, 11) is 0. The Kier molecular flexibility index (Phi) is 4.55. The van der Waals surface area contributed by atoms with Crippen molar-refractivity contribution >= 4 is 17.2 Å². The van der Waals surface area contributed by atoms with Crippen molar-refractivity contribution in [2.75, 3.05) is 0 Å². The zero-order chi connectivity index (χ0) is 18.8. The maximum absolute atomic E-state index is 4.84. The average Bonchev–Trinajstić information content (AvgIpc) is 3.05. The molecule has 0 spiro atoms. The second kappa shape index (κ2) is 7.16. The normalized spacial score (nSPS) is 11.5. The number of rotatable bonds is 4. The Hall–Kier alpha value is -3.27. The van der Waals surface area contributed by atoms with Crippen molar-refractivity contribution in [3.63, 3.8) is 0 Å². The largest absolute Gasteiger partial charge is 0.283 e. The molecule has 4 nitrogen and oxygen atoms in total. The van der Waals surface area contributed by atoms with Crippen LogP contribution in [0.4, 0.5) is 11.5 Å². The van der Waals surface area contributed by atoms with Gasteiger partial charge in [-0.1, -0.05) is 55.0 Å². The minimum Gasteiger partial charge on any atom is -0.283 e. The fourth-order valence-electron chi connectivity index (χ4n) is 3.35. The molecule has 0 saturated carbocycles. The highest BCUT2D eigenvalue weighted by Gasteiger charge is 2.15. The molecule has 0 amide bonds. The van der Waals surface area contributed by atoms with Crippen molar-refractivity contribution in [3.8, 4) is 11.3 Å². The van der Waals surface area contributed by atoms with E-state index in [2.05, 4.69) is 55.3 Å². The van der Waals surface area contributed by atoms with Gasteiger partial charge in [-0.25, -0.2) is 4.98 Å². The van der Waals surface area contributed by atoms with E-state index in [-0.39, 0.29) is 0 Å². The number of aromatic nitrogens is 2. The number of nitrogens with zero attached hydrogens (tertiary/aromatic N) is 4. The number of fused-ring (bicyclic) bond motifs is 1. The van der Waals surface area contributed by atoms with Gasteiger partial charge in [-0.3, -0.25) is 4.40 Å². The first-order valence-electron chi connectivity index (χ1n) is 9.21. The molecule has 0 aliphatic carbocycles. The summed E-state index contributed by atoms with van der Waals surface area (Å²) in [5.41, 5.74) is 7.31. The van der Waals surface area contributed by atoms with Crippen LogP contribution in [0, 0.1) is 13.8 Å². The molecule has 4 aromatic rings. The third-order valence-corrected chi connectivity index (χ3v) is 4.77. The van der Waals surface area contributed by atoms with Crippen LogP contribution < -0.4 is 0 Å². The number of pyridine rings is 1. The molecule has 2 aromatic carbocycles. The Labute approximate surface area is 159 Å². The van der Waals surface area contributed by atoms with E-state index in [0.29, 0.717) is 0 Å². The molecule has 2 aromatic heterocycles. The van der Waals surface area contributed by atoms with Gasteiger partial charge in [0.15, 0.2) is 5.82 Å². The van der Waals surface area contributed by atoms with E-state index in [1.54, 1.807) is 0 Å². The second-order valence-corrected chi connectivity index (χ2v) is 6.71. The molecule has 0 saturated heterocycles. The fraction of sp³-hybridized carbons (Fsp3) is 0.174. The Balaban J connectivity index is 1.90. The predicted molar refractivity (Wildman–Crippen MR) is 110 cm³/mol. The van der Waals surface area contributed by atoms with Gasteiger partial charge in [0.1, 0.15) is 11.3 Å². The molecule has 0 bridgehead atoms. The SMILES string of the molecule is CCc1ccccc1N=Nc1c(-c2ccc(C)cc2C)nc2ccccn12.